The summed E-state index contributed by atoms with van der Waals surface area (Å²) < 4.78 is 12.0. The van der Waals surface area contributed by atoms with Crippen molar-refractivity contribution in [3.63, 3.8) is 0 Å². The van der Waals surface area contributed by atoms with E-state index < -0.39 is 43.9 Å². The lowest BCUT2D eigenvalue weighted by Gasteiger charge is -2.38. The molecule has 0 spiro atoms. The van der Waals surface area contributed by atoms with Gasteiger partial charge in [0.05, 0.1) is 18.9 Å². The first-order valence-electron chi connectivity index (χ1n) is 10.0. The monoisotopic (exact) mass is 431 g/mol. The fourth-order valence-corrected chi connectivity index (χ4v) is 4.63. The van der Waals surface area contributed by atoms with Gasteiger partial charge in [0, 0.05) is 18.5 Å². The normalized spacial score (nSPS) is 20.8. The van der Waals surface area contributed by atoms with Crippen molar-refractivity contribution >= 4 is 26.3 Å². The van der Waals surface area contributed by atoms with Gasteiger partial charge in [-0.3, -0.25) is 9.59 Å². The minimum absolute atomic E-state index is 0.0244. The lowest BCUT2D eigenvalue weighted by molar-refractivity contribution is -0.141. The number of amides is 1. The fourth-order valence-electron chi connectivity index (χ4n) is 3.27. The molecule has 9 heteroatoms. The van der Waals surface area contributed by atoms with Gasteiger partial charge in [0.25, 0.3) is 0 Å². The largest absolute Gasteiger partial charge is 0.481 e. The topological polar surface area (TPSA) is 113 Å². The number of aliphatic carboxylic acids is 2. The summed E-state index contributed by atoms with van der Waals surface area (Å²) in [7, 11) is -2.12. The zero-order valence-electron chi connectivity index (χ0n) is 18.9. The van der Waals surface area contributed by atoms with Crippen LogP contribution in [0.2, 0.25) is 18.1 Å². The summed E-state index contributed by atoms with van der Waals surface area (Å²) >= 11 is 0. The molecule has 168 valence electrons. The number of carboxylic acids is 2. The maximum atomic E-state index is 12.8. The molecule has 0 aromatic carbocycles. The Morgan fingerprint density at radius 3 is 1.90 bits per heavy atom. The average Bonchev–Trinajstić information content (AvgIpc) is 2.85. The van der Waals surface area contributed by atoms with Crippen molar-refractivity contribution in [2.75, 3.05) is 6.54 Å². The molecule has 0 aromatic heterocycles. The van der Waals surface area contributed by atoms with Gasteiger partial charge in [-0.2, -0.15) is 0 Å². The van der Waals surface area contributed by atoms with Crippen LogP contribution >= 0.6 is 0 Å². The van der Waals surface area contributed by atoms with Crippen LogP contribution in [0.4, 0.5) is 4.79 Å². The van der Waals surface area contributed by atoms with Gasteiger partial charge in [-0.25, -0.2) is 4.79 Å². The van der Waals surface area contributed by atoms with E-state index in [4.69, 9.17) is 9.16 Å². The summed E-state index contributed by atoms with van der Waals surface area (Å²) in [5.41, 5.74) is -0.713. The molecule has 1 fully saturated rings. The first-order valence-corrected chi connectivity index (χ1v) is 12.9. The molecule has 1 amide bonds. The number of carbonyl (C=O) groups is 3. The van der Waals surface area contributed by atoms with Crippen molar-refractivity contribution in [3.8, 4) is 0 Å². The lowest BCUT2D eigenvalue weighted by atomic mass is 9.90. The Labute approximate surface area is 174 Å². The minimum atomic E-state index is -2.12. The van der Waals surface area contributed by atoms with E-state index >= 15 is 0 Å². The third kappa shape index (κ3) is 7.62. The molecule has 1 saturated heterocycles. The first kappa shape index (κ1) is 25.4. The zero-order chi connectivity index (χ0) is 22.8. The molecule has 1 heterocycles. The molecule has 2 unspecified atom stereocenters. The van der Waals surface area contributed by atoms with Crippen LogP contribution in [-0.2, 0) is 18.8 Å². The summed E-state index contributed by atoms with van der Waals surface area (Å²) in [4.78, 5) is 37.0. The van der Waals surface area contributed by atoms with Crippen molar-refractivity contribution in [1.82, 2.24) is 4.90 Å². The third-order valence-electron chi connectivity index (χ3n) is 5.62. The Hall–Kier alpha value is -1.61. The van der Waals surface area contributed by atoms with E-state index in [9.17, 15) is 24.6 Å². The van der Waals surface area contributed by atoms with Crippen LogP contribution < -0.4 is 0 Å². The molecule has 0 saturated carbocycles. The molecule has 8 nitrogen and oxygen atoms in total. The summed E-state index contributed by atoms with van der Waals surface area (Å²) in [5, 5.41) is 18.5. The van der Waals surface area contributed by atoms with Crippen LogP contribution in [0, 0.1) is 5.92 Å². The highest BCUT2D eigenvalue weighted by Gasteiger charge is 2.47. The number of hydrogen-bond acceptors (Lipinski definition) is 5. The minimum Gasteiger partial charge on any atom is -0.481 e. The quantitative estimate of drug-likeness (QED) is 0.587. The molecule has 29 heavy (non-hydrogen) atoms. The highest BCUT2D eigenvalue weighted by molar-refractivity contribution is 6.74. The number of carbonyl (C=O) groups excluding carboxylic acids is 1. The molecule has 1 rings (SSSR count). The number of nitrogens with zero attached hydrogens (tertiary/aromatic N) is 1. The van der Waals surface area contributed by atoms with Gasteiger partial charge in [0.1, 0.15) is 5.60 Å². The Kier molecular flexibility index (Phi) is 7.92. The summed E-state index contributed by atoms with van der Waals surface area (Å²) in [6.07, 6.45) is -1.11. The maximum Gasteiger partial charge on any atom is 0.410 e. The van der Waals surface area contributed by atoms with Crippen LogP contribution in [0.25, 0.3) is 0 Å². The van der Waals surface area contributed by atoms with Gasteiger partial charge in [-0.15, -0.1) is 0 Å². The van der Waals surface area contributed by atoms with Crippen LogP contribution in [0.3, 0.4) is 0 Å². The van der Waals surface area contributed by atoms with Gasteiger partial charge in [0.2, 0.25) is 0 Å². The molecule has 0 bridgehead atoms. The molecule has 2 N–H and O–H groups in total. The van der Waals surface area contributed by atoms with E-state index in [1.807, 2.05) is 0 Å². The maximum absolute atomic E-state index is 12.8. The average molecular weight is 432 g/mol. The van der Waals surface area contributed by atoms with Crippen LogP contribution in [0.5, 0.6) is 0 Å². The van der Waals surface area contributed by atoms with Crippen LogP contribution in [0.15, 0.2) is 0 Å². The van der Waals surface area contributed by atoms with Crippen molar-refractivity contribution < 1.29 is 33.8 Å². The molecule has 0 aromatic rings. The Bertz CT molecular complexity index is 605. The Morgan fingerprint density at radius 1 is 1.03 bits per heavy atom. The third-order valence-corrected chi connectivity index (χ3v) is 10.2. The standard InChI is InChI=1S/C20H37NO7Si/c1-19(2,3)27-18(26)21-12-14(28-29(7,8)20(4,5)6)11-15(21)13(9-16(22)23)10-17(24)25/h13-15H,9-12H2,1-8H3,(H,22,23)(H,24,25). The lowest BCUT2D eigenvalue weighted by Crippen LogP contribution is -2.45. The highest BCUT2D eigenvalue weighted by atomic mass is 28.4. The molecule has 1 aliphatic heterocycles. The molecular formula is C20H37NO7Si. The first-order chi connectivity index (χ1) is 12.9. The van der Waals surface area contributed by atoms with Crippen molar-refractivity contribution in [2.45, 2.75) is 96.7 Å². The fraction of sp³-hybridized carbons (Fsp3) is 0.850. The van der Waals surface area contributed by atoms with Gasteiger partial charge in [0.15, 0.2) is 8.32 Å². The number of hydrogen-bond donors (Lipinski definition) is 2. The van der Waals surface area contributed by atoms with E-state index in [0.717, 1.165) is 0 Å². The highest BCUT2D eigenvalue weighted by Crippen LogP contribution is 2.40. The molecule has 0 aliphatic carbocycles. The SMILES string of the molecule is CC(C)(C)OC(=O)N1CC(O[Si](C)(C)C(C)(C)C)CC1C(CC(=O)O)CC(=O)O. The van der Waals surface area contributed by atoms with E-state index in [1.165, 1.54) is 4.90 Å². The van der Waals surface area contributed by atoms with Gasteiger partial charge >= 0.3 is 18.0 Å². The van der Waals surface area contributed by atoms with Gasteiger partial charge in [-0.05, 0) is 45.3 Å². The second-order valence-electron chi connectivity index (χ2n) is 10.4. The van der Waals surface area contributed by atoms with E-state index in [1.54, 1.807) is 20.8 Å². The van der Waals surface area contributed by atoms with Crippen LogP contribution in [0.1, 0.15) is 60.8 Å². The predicted molar refractivity (Wildman–Crippen MR) is 111 cm³/mol. The van der Waals surface area contributed by atoms with Crippen molar-refractivity contribution in [3.05, 3.63) is 0 Å². The number of likely N-dealkylation sites (tertiary alicyclic amines) is 1. The summed E-state index contributed by atoms with van der Waals surface area (Å²) in [6, 6.07) is -0.563. The van der Waals surface area contributed by atoms with E-state index in [-0.39, 0.29) is 30.5 Å². The van der Waals surface area contributed by atoms with Gasteiger partial charge < -0.3 is 24.3 Å². The molecule has 0 radical (unpaired) electrons. The van der Waals surface area contributed by atoms with Crippen molar-refractivity contribution in [1.29, 1.82) is 0 Å². The molecular weight excluding hydrogens is 394 g/mol. The predicted octanol–water partition coefficient (Wildman–Crippen LogP) is 3.95. The van der Waals surface area contributed by atoms with E-state index in [0.29, 0.717) is 6.42 Å². The number of carboxylic acid groups (broad SMARTS) is 2. The summed E-state index contributed by atoms with van der Waals surface area (Å²) in [5.74, 6) is -2.89. The Morgan fingerprint density at radius 2 is 1.52 bits per heavy atom. The second-order valence-corrected chi connectivity index (χ2v) is 15.1. The summed E-state index contributed by atoms with van der Waals surface area (Å²) in [6.45, 7) is 16.1. The van der Waals surface area contributed by atoms with Gasteiger partial charge in [-0.1, -0.05) is 20.8 Å². The van der Waals surface area contributed by atoms with Crippen molar-refractivity contribution in [2.24, 2.45) is 5.92 Å². The smallest absolute Gasteiger partial charge is 0.410 e. The number of ether oxygens (including phenoxy) is 1. The van der Waals surface area contributed by atoms with E-state index in [2.05, 4.69) is 33.9 Å². The van der Waals surface area contributed by atoms with Crippen LogP contribution in [-0.4, -0.2) is 65.8 Å². The number of rotatable bonds is 7. The molecule has 1 aliphatic rings. The second kappa shape index (κ2) is 9.03. The molecule has 2 atom stereocenters. The zero-order valence-corrected chi connectivity index (χ0v) is 19.9. The Balaban J connectivity index is 3.16.